The molecule has 1 fully saturated rings. The second-order valence-corrected chi connectivity index (χ2v) is 7.48. The van der Waals surface area contributed by atoms with Crippen molar-refractivity contribution in [3.8, 4) is 6.07 Å². The van der Waals surface area contributed by atoms with E-state index in [0.29, 0.717) is 31.1 Å². The predicted octanol–water partition coefficient (Wildman–Crippen LogP) is 3.54. The molecule has 1 aliphatic heterocycles. The summed E-state index contributed by atoms with van der Waals surface area (Å²) in [7, 11) is 0. The Morgan fingerprint density at radius 3 is 2.45 bits per heavy atom. The number of para-hydroxylation sites is 1. The summed E-state index contributed by atoms with van der Waals surface area (Å²) in [4.78, 5) is 19.0. The monoisotopic (exact) mass is 414 g/mol. The molecule has 2 aromatic rings. The summed E-state index contributed by atoms with van der Waals surface area (Å²) < 4.78 is 13.2. The number of amides is 1. The highest BCUT2D eigenvalue weighted by molar-refractivity contribution is 6.31. The molecule has 7 heteroatoms. The van der Waals surface area contributed by atoms with Crippen molar-refractivity contribution < 1.29 is 9.18 Å². The largest absolute Gasteiger partial charge is 0.310 e. The first-order valence-electron chi connectivity index (χ1n) is 9.68. The van der Waals surface area contributed by atoms with Crippen LogP contribution in [-0.2, 0) is 11.3 Å². The molecule has 1 saturated heterocycles. The maximum atomic E-state index is 13.2. The highest BCUT2D eigenvalue weighted by Crippen LogP contribution is 2.20. The van der Waals surface area contributed by atoms with Gasteiger partial charge in [0.2, 0.25) is 5.91 Å². The van der Waals surface area contributed by atoms with Crippen molar-refractivity contribution >= 4 is 23.2 Å². The fraction of sp³-hybridized carbons (Fsp3) is 0.364. The molecule has 2 aromatic carbocycles. The van der Waals surface area contributed by atoms with Gasteiger partial charge in [0.05, 0.1) is 19.0 Å². The fourth-order valence-corrected chi connectivity index (χ4v) is 3.67. The molecule has 0 N–H and O–H groups in total. The van der Waals surface area contributed by atoms with Gasteiger partial charge in [-0.05, 0) is 29.8 Å². The van der Waals surface area contributed by atoms with Crippen LogP contribution < -0.4 is 4.90 Å². The average molecular weight is 415 g/mol. The molecule has 5 nitrogen and oxygen atoms in total. The molecule has 29 heavy (non-hydrogen) atoms. The molecule has 0 radical (unpaired) electrons. The van der Waals surface area contributed by atoms with Crippen LogP contribution in [0.1, 0.15) is 12.0 Å². The summed E-state index contributed by atoms with van der Waals surface area (Å²) in [6.45, 7) is 4.54. The van der Waals surface area contributed by atoms with Gasteiger partial charge in [-0.3, -0.25) is 14.6 Å². The Labute approximate surface area is 175 Å². The van der Waals surface area contributed by atoms with Crippen LogP contribution in [0, 0.1) is 17.1 Å². The summed E-state index contributed by atoms with van der Waals surface area (Å²) >= 11 is 6.13. The van der Waals surface area contributed by atoms with Crippen molar-refractivity contribution in [2.45, 2.75) is 13.0 Å². The van der Waals surface area contributed by atoms with E-state index >= 15 is 0 Å². The minimum absolute atomic E-state index is 0.00137. The van der Waals surface area contributed by atoms with Crippen molar-refractivity contribution in [2.75, 3.05) is 44.2 Å². The Kier molecular flexibility index (Phi) is 7.59. The Morgan fingerprint density at radius 2 is 1.79 bits per heavy atom. The third-order valence-corrected chi connectivity index (χ3v) is 5.40. The number of piperazine rings is 1. The van der Waals surface area contributed by atoms with E-state index in [4.69, 9.17) is 16.9 Å². The number of halogens is 2. The minimum Gasteiger partial charge on any atom is -0.310 e. The zero-order valence-corrected chi connectivity index (χ0v) is 17.0. The number of carbonyl (C=O) groups excluding carboxylic acids is 1. The van der Waals surface area contributed by atoms with Crippen LogP contribution in [0.15, 0.2) is 48.5 Å². The number of benzene rings is 2. The first-order valence-corrected chi connectivity index (χ1v) is 10.1. The quantitative estimate of drug-likeness (QED) is 0.695. The highest BCUT2D eigenvalue weighted by Gasteiger charge is 2.23. The van der Waals surface area contributed by atoms with Crippen LogP contribution in [-0.4, -0.2) is 55.0 Å². The Balaban J connectivity index is 1.53. The third kappa shape index (κ3) is 6.01. The van der Waals surface area contributed by atoms with Gasteiger partial charge in [0, 0.05) is 50.0 Å². The maximum Gasteiger partial charge on any atom is 0.241 e. The summed E-state index contributed by atoms with van der Waals surface area (Å²) in [5.74, 6) is -0.331. The molecule has 1 aliphatic rings. The Bertz CT molecular complexity index is 863. The molecule has 0 saturated carbocycles. The zero-order valence-electron chi connectivity index (χ0n) is 16.2. The van der Waals surface area contributed by atoms with Gasteiger partial charge in [-0.25, -0.2) is 4.39 Å². The number of hydrogen-bond donors (Lipinski definition) is 0. The molecule has 1 amide bonds. The second-order valence-electron chi connectivity index (χ2n) is 7.08. The van der Waals surface area contributed by atoms with E-state index in [0.717, 1.165) is 37.4 Å². The number of anilines is 1. The lowest BCUT2D eigenvalue weighted by atomic mass is 10.2. The summed E-state index contributed by atoms with van der Waals surface area (Å²) in [6.07, 6.45) is 0.298. The first kappa shape index (κ1) is 21.3. The molecule has 0 aliphatic carbocycles. The smallest absolute Gasteiger partial charge is 0.241 e. The van der Waals surface area contributed by atoms with Gasteiger partial charge in [0.15, 0.2) is 0 Å². The van der Waals surface area contributed by atoms with Gasteiger partial charge < -0.3 is 4.90 Å². The van der Waals surface area contributed by atoms with Gasteiger partial charge in [-0.2, -0.15) is 5.26 Å². The van der Waals surface area contributed by atoms with Crippen molar-refractivity contribution in [1.82, 2.24) is 9.80 Å². The molecule has 152 valence electrons. The number of hydrogen-bond acceptors (Lipinski definition) is 4. The number of carbonyl (C=O) groups is 1. The fourth-order valence-electron chi connectivity index (χ4n) is 3.44. The van der Waals surface area contributed by atoms with E-state index in [9.17, 15) is 9.18 Å². The van der Waals surface area contributed by atoms with Gasteiger partial charge in [-0.15, -0.1) is 0 Å². The summed E-state index contributed by atoms with van der Waals surface area (Å²) in [5, 5.41) is 9.36. The van der Waals surface area contributed by atoms with E-state index in [1.807, 2.05) is 30.3 Å². The molecule has 0 aromatic heterocycles. The average Bonchev–Trinajstić information content (AvgIpc) is 2.72. The Hall–Kier alpha value is -2.46. The van der Waals surface area contributed by atoms with Crippen LogP contribution in [0.5, 0.6) is 0 Å². The predicted molar refractivity (Wildman–Crippen MR) is 112 cm³/mol. The van der Waals surface area contributed by atoms with Gasteiger partial charge >= 0.3 is 0 Å². The van der Waals surface area contributed by atoms with E-state index < -0.39 is 0 Å². The first-order chi connectivity index (χ1) is 14.1. The van der Waals surface area contributed by atoms with E-state index in [1.54, 1.807) is 11.0 Å². The normalized spacial score (nSPS) is 15.1. The summed E-state index contributed by atoms with van der Waals surface area (Å²) in [5.41, 5.74) is 1.72. The minimum atomic E-state index is -0.332. The molecule has 1 heterocycles. The second kappa shape index (κ2) is 10.4. The lowest BCUT2D eigenvalue weighted by Crippen LogP contribution is -2.50. The van der Waals surface area contributed by atoms with Crippen LogP contribution in [0.25, 0.3) is 0 Å². The molecule has 0 atom stereocenters. The Morgan fingerprint density at radius 1 is 1.10 bits per heavy atom. The molecule has 0 spiro atoms. The summed E-state index contributed by atoms with van der Waals surface area (Å²) in [6, 6.07) is 16.1. The van der Waals surface area contributed by atoms with Crippen LogP contribution >= 0.6 is 11.6 Å². The van der Waals surface area contributed by atoms with Gasteiger partial charge in [0.25, 0.3) is 0 Å². The molecular weight excluding hydrogens is 391 g/mol. The lowest BCUT2D eigenvalue weighted by Gasteiger charge is -2.35. The molecule has 3 rings (SSSR count). The van der Waals surface area contributed by atoms with Crippen LogP contribution in [0.4, 0.5) is 10.1 Å². The van der Waals surface area contributed by atoms with Crippen molar-refractivity contribution in [1.29, 1.82) is 5.26 Å². The number of nitrogens with zero attached hydrogens (tertiary/aromatic N) is 4. The maximum absolute atomic E-state index is 13.2. The number of nitriles is 1. The number of rotatable bonds is 7. The molecule has 0 bridgehead atoms. The van der Waals surface area contributed by atoms with E-state index in [-0.39, 0.29) is 11.7 Å². The SMILES string of the molecule is N#CCCN(C(=O)CN1CCN(Cc2ccc(F)cc2Cl)CC1)c1ccccc1. The van der Waals surface area contributed by atoms with Crippen LogP contribution in [0.2, 0.25) is 5.02 Å². The van der Waals surface area contributed by atoms with Gasteiger partial charge in [-0.1, -0.05) is 35.9 Å². The zero-order chi connectivity index (χ0) is 20.6. The third-order valence-electron chi connectivity index (χ3n) is 5.05. The topological polar surface area (TPSA) is 50.6 Å². The van der Waals surface area contributed by atoms with Crippen molar-refractivity contribution in [3.63, 3.8) is 0 Å². The lowest BCUT2D eigenvalue weighted by molar-refractivity contribution is -0.120. The molecule has 0 unspecified atom stereocenters. The highest BCUT2D eigenvalue weighted by atomic mass is 35.5. The standard InChI is InChI=1S/C22H24ClFN4O/c23-21-15-19(24)8-7-18(21)16-26-11-13-27(14-12-26)17-22(29)28(10-4-9-25)20-5-2-1-3-6-20/h1-3,5-8,15H,4,10-14,16-17H2. The van der Waals surface area contributed by atoms with E-state index in [2.05, 4.69) is 15.9 Å². The van der Waals surface area contributed by atoms with E-state index in [1.165, 1.54) is 12.1 Å². The van der Waals surface area contributed by atoms with Crippen molar-refractivity contribution in [2.24, 2.45) is 0 Å². The van der Waals surface area contributed by atoms with Crippen molar-refractivity contribution in [3.05, 3.63) is 64.9 Å². The van der Waals surface area contributed by atoms with Gasteiger partial charge in [0.1, 0.15) is 5.82 Å². The molecular formula is C22H24ClFN4O. The van der Waals surface area contributed by atoms with Crippen LogP contribution in [0.3, 0.4) is 0 Å².